The molecule has 1 aromatic heterocycles. The maximum atomic E-state index is 13.1. The van der Waals surface area contributed by atoms with Crippen molar-refractivity contribution in [3.8, 4) is 5.69 Å². The largest absolute Gasteiger partial charge is 0.348 e. The van der Waals surface area contributed by atoms with Gasteiger partial charge in [-0.05, 0) is 31.5 Å². The normalized spacial score (nSPS) is 15.4. The number of nitrogens with zero attached hydrogens (tertiary/aromatic N) is 5. The highest BCUT2D eigenvalue weighted by molar-refractivity contribution is 6.30. The van der Waals surface area contributed by atoms with E-state index >= 15 is 0 Å². The second-order valence-corrected chi connectivity index (χ2v) is 7.68. The monoisotopic (exact) mass is 403 g/mol. The Kier molecular flexibility index (Phi) is 6.36. The first kappa shape index (κ1) is 20.4. The Morgan fingerprint density at radius 3 is 2.68 bits per heavy atom. The standard InChI is InChI=1S/C20H26ClN5O2/c1-15-18(13-22-26(15)17-7-4-6-16(21)12-17)20(28)25-9-5-8-24(10-11-25)14-19(27)23(2)3/h4,6-7,12-13H,5,8-11,14H2,1-3H3. The van der Waals surface area contributed by atoms with Crippen LogP contribution < -0.4 is 0 Å². The molecule has 1 aliphatic rings. The van der Waals surface area contributed by atoms with Crippen LogP contribution in [0.4, 0.5) is 0 Å². The molecule has 28 heavy (non-hydrogen) atoms. The Morgan fingerprint density at radius 1 is 1.18 bits per heavy atom. The topological polar surface area (TPSA) is 61.7 Å². The molecule has 0 aliphatic carbocycles. The lowest BCUT2D eigenvalue weighted by Crippen LogP contribution is -2.39. The van der Waals surface area contributed by atoms with Crippen molar-refractivity contribution in [2.45, 2.75) is 13.3 Å². The van der Waals surface area contributed by atoms with E-state index in [1.807, 2.05) is 30.0 Å². The zero-order valence-corrected chi connectivity index (χ0v) is 17.3. The number of rotatable bonds is 4. The summed E-state index contributed by atoms with van der Waals surface area (Å²) < 4.78 is 1.74. The SMILES string of the molecule is Cc1c(C(=O)N2CCCN(CC(=O)N(C)C)CC2)cnn1-c1cccc(Cl)c1. The van der Waals surface area contributed by atoms with Crippen molar-refractivity contribution in [3.63, 3.8) is 0 Å². The van der Waals surface area contributed by atoms with Gasteiger partial charge in [0.1, 0.15) is 0 Å². The summed E-state index contributed by atoms with van der Waals surface area (Å²) in [6.07, 6.45) is 2.46. The number of halogens is 1. The van der Waals surface area contributed by atoms with Gasteiger partial charge in [-0.3, -0.25) is 14.5 Å². The second-order valence-electron chi connectivity index (χ2n) is 7.25. The number of hydrogen-bond acceptors (Lipinski definition) is 4. The molecule has 0 unspecified atom stereocenters. The van der Waals surface area contributed by atoms with Gasteiger partial charge in [-0.2, -0.15) is 5.10 Å². The molecule has 8 heteroatoms. The minimum absolute atomic E-state index is 0.0217. The summed E-state index contributed by atoms with van der Waals surface area (Å²) >= 11 is 6.08. The van der Waals surface area contributed by atoms with Crippen molar-refractivity contribution < 1.29 is 9.59 Å². The molecular weight excluding hydrogens is 378 g/mol. The summed E-state index contributed by atoms with van der Waals surface area (Å²) in [5, 5.41) is 5.02. The average Bonchev–Trinajstić information content (AvgIpc) is 2.89. The third kappa shape index (κ3) is 4.54. The molecule has 1 aliphatic heterocycles. The molecule has 2 amide bonds. The van der Waals surface area contributed by atoms with Crippen LogP contribution in [-0.4, -0.2) is 83.1 Å². The van der Waals surface area contributed by atoms with Crippen LogP contribution in [0, 0.1) is 6.92 Å². The van der Waals surface area contributed by atoms with Crippen molar-refractivity contribution in [2.75, 3.05) is 46.8 Å². The van der Waals surface area contributed by atoms with Gasteiger partial charge in [0.25, 0.3) is 5.91 Å². The van der Waals surface area contributed by atoms with E-state index in [0.717, 1.165) is 24.3 Å². The van der Waals surface area contributed by atoms with Crippen LogP contribution in [0.5, 0.6) is 0 Å². The summed E-state index contributed by atoms with van der Waals surface area (Å²) in [7, 11) is 3.52. The van der Waals surface area contributed by atoms with Gasteiger partial charge < -0.3 is 9.80 Å². The highest BCUT2D eigenvalue weighted by Gasteiger charge is 2.24. The van der Waals surface area contributed by atoms with Crippen molar-refractivity contribution in [1.82, 2.24) is 24.5 Å². The smallest absolute Gasteiger partial charge is 0.257 e. The zero-order chi connectivity index (χ0) is 20.3. The first-order valence-electron chi connectivity index (χ1n) is 9.39. The van der Waals surface area contributed by atoms with Crippen molar-refractivity contribution in [3.05, 3.63) is 46.7 Å². The van der Waals surface area contributed by atoms with E-state index < -0.39 is 0 Å². The fourth-order valence-electron chi connectivity index (χ4n) is 3.32. The Morgan fingerprint density at radius 2 is 1.96 bits per heavy atom. The molecule has 3 rings (SSSR count). The van der Waals surface area contributed by atoms with Crippen LogP contribution in [0.1, 0.15) is 22.5 Å². The molecule has 2 aromatic rings. The molecule has 2 heterocycles. The molecule has 1 saturated heterocycles. The van der Waals surface area contributed by atoms with Gasteiger partial charge in [0.15, 0.2) is 0 Å². The number of benzene rings is 1. The molecule has 0 spiro atoms. The first-order valence-corrected chi connectivity index (χ1v) is 9.77. The van der Waals surface area contributed by atoms with Crippen LogP contribution >= 0.6 is 11.6 Å². The molecule has 7 nitrogen and oxygen atoms in total. The molecular formula is C20H26ClN5O2. The van der Waals surface area contributed by atoms with Crippen molar-refractivity contribution >= 4 is 23.4 Å². The summed E-state index contributed by atoms with van der Waals surface area (Å²) in [5.41, 5.74) is 2.21. The van der Waals surface area contributed by atoms with E-state index in [-0.39, 0.29) is 11.8 Å². The number of aromatic nitrogens is 2. The van der Waals surface area contributed by atoms with E-state index in [4.69, 9.17) is 11.6 Å². The van der Waals surface area contributed by atoms with Gasteiger partial charge in [0, 0.05) is 45.3 Å². The number of carbonyl (C=O) groups excluding carboxylic acids is 2. The summed E-state index contributed by atoms with van der Waals surface area (Å²) in [6, 6.07) is 7.39. The highest BCUT2D eigenvalue weighted by Crippen LogP contribution is 2.19. The Hall–Kier alpha value is -2.38. The summed E-state index contributed by atoms with van der Waals surface area (Å²) in [5.74, 6) is 0.0602. The third-order valence-electron chi connectivity index (χ3n) is 5.03. The van der Waals surface area contributed by atoms with E-state index in [1.54, 1.807) is 35.9 Å². The molecule has 0 radical (unpaired) electrons. The zero-order valence-electron chi connectivity index (χ0n) is 16.6. The lowest BCUT2D eigenvalue weighted by molar-refractivity contribution is -0.129. The van der Waals surface area contributed by atoms with Gasteiger partial charge in [-0.1, -0.05) is 17.7 Å². The molecule has 0 saturated carbocycles. The first-order chi connectivity index (χ1) is 13.4. The fourth-order valence-corrected chi connectivity index (χ4v) is 3.51. The van der Waals surface area contributed by atoms with Gasteiger partial charge in [-0.25, -0.2) is 4.68 Å². The van der Waals surface area contributed by atoms with E-state index in [2.05, 4.69) is 10.00 Å². The molecule has 0 N–H and O–H groups in total. The second kappa shape index (κ2) is 8.75. The fraction of sp³-hybridized carbons (Fsp3) is 0.450. The van der Waals surface area contributed by atoms with E-state index in [9.17, 15) is 9.59 Å². The van der Waals surface area contributed by atoms with Crippen LogP contribution in [-0.2, 0) is 4.79 Å². The number of hydrogen-bond donors (Lipinski definition) is 0. The average molecular weight is 404 g/mol. The van der Waals surface area contributed by atoms with Crippen LogP contribution in [0.3, 0.4) is 0 Å². The van der Waals surface area contributed by atoms with E-state index in [1.165, 1.54) is 0 Å². The van der Waals surface area contributed by atoms with Crippen molar-refractivity contribution in [2.24, 2.45) is 0 Å². The van der Waals surface area contributed by atoms with Gasteiger partial charge in [0.05, 0.1) is 29.7 Å². The Balaban J connectivity index is 1.70. The van der Waals surface area contributed by atoms with E-state index in [0.29, 0.717) is 36.8 Å². The summed E-state index contributed by atoms with van der Waals surface area (Å²) in [4.78, 5) is 30.6. The minimum atomic E-state index is -0.0217. The highest BCUT2D eigenvalue weighted by atomic mass is 35.5. The minimum Gasteiger partial charge on any atom is -0.348 e. The lowest BCUT2D eigenvalue weighted by Gasteiger charge is -2.22. The number of likely N-dealkylation sites (N-methyl/N-ethyl adjacent to an activating group) is 1. The predicted molar refractivity (Wildman–Crippen MR) is 109 cm³/mol. The molecule has 150 valence electrons. The molecule has 1 aromatic carbocycles. The van der Waals surface area contributed by atoms with Crippen molar-refractivity contribution in [1.29, 1.82) is 0 Å². The predicted octanol–water partition coefficient (Wildman–Crippen LogP) is 2.07. The van der Waals surface area contributed by atoms with Crippen LogP contribution in [0.15, 0.2) is 30.5 Å². The lowest BCUT2D eigenvalue weighted by atomic mass is 10.2. The molecule has 0 atom stereocenters. The van der Waals surface area contributed by atoms with Crippen LogP contribution in [0.25, 0.3) is 5.69 Å². The quantitative estimate of drug-likeness (QED) is 0.784. The number of amides is 2. The molecule has 1 fully saturated rings. The van der Waals surface area contributed by atoms with Gasteiger partial charge in [0.2, 0.25) is 5.91 Å². The van der Waals surface area contributed by atoms with Gasteiger partial charge >= 0.3 is 0 Å². The van der Waals surface area contributed by atoms with Crippen LogP contribution in [0.2, 0.25) is 5.02 Å². The maximum absolute atomic E-state index is 13.1. The Bertz CT molecular complexity index is 864. The maximum Gasteiger partial charge on any atom is 0.257 e. The summed E-state index contributed by atoms with van der Waals surface area (Å²) in [6.45, 7) is 5.05. The molecule has 0 bridgehead atoms. The van der Waals surface area contributed by atoms with Gasteiger partial charge in [-0.15, -0.1) is 0 Å². The Labute approximate surface area is 170 Å². The number of carbonyl (C=O) groups is 2. The third-order valence-corrected chi connectivity index (χ3v) is 5.26.